The van der Waals surface area contributed by atoms with Gasteiger partial charge in [0.1, 0.15) is 5.75 Å². The van der Waals surface area contributed by atoms with Crippen molar-refractivity contribution < 1.29 is 14.3 Å². The highest BCUT2D eigenvalue weighted by molar-refractivity contribution is 6.31. The first-order chi connectivity index (χ1) is 12.5. The highest BCUT2D eigenvalue weighted by Crippen LogP contribution is 2.38. The molecule has 26 heavy (non-hydrogen) atoms. The summed E-state index contributed by atoms with van der Waals surface area (Å²) in [6.45, 7) is 1.97. The summed E-state index contributed by atoms with van der Waals surface area (Å²) in [6, 6.07) is 12.9. The third kappa shape index (κ3) is 3.15. The summed E-state index contributed by atoms with van der Waals surface area (Å²) in [5.74, 6) is 0.281. The number of carbonyl (C=O) groups is 2. The van der Waals surface area contributed by atoms with E-state index in [2.05, 4.69) is 5.32 Å². The number of fused-ring (bicyclic) bond motifs is 1. The maximum Gasteiger partial charge on any atom is 0.262 e. The van der Waals surface area contributed by atoms with Gasteiger partial charge in [-0.1, -0.05) is 29.8 Å². The maximum absolute atomic E-state index is 13.2. The van der Waals surface area contributed by atoms with Gasteiger partial charge in [-0.05, 0) is 49.6 Å². The number of amides is 2. The van der Waals surface area contributed by atoms with Crippen LogP contribution in [0.15, 0.2) is 42.5 Å². The van der Waals surface area contributed by atoms with Crippen LogP contribution < -0.4 is 10.1 Å². The average Bonchev–Trinajstić information content (AvgIpc) is 3.46. The van der Waals surface area contributed by atoms with Crippen molar-refractivity contribution in [3.8, 4) is 5.75 Å². The molecule has 1 atom stereocenters. The number of nitrogens with one attached hydrogen (secondary N) is 1. The Kier molecular flexibility index (Phi) is 4.32. The molecule has 1 N–H and O–H groups in total. The Bertz CT molecular complexity index is 879. The van der Waals surface area contributed by atoms with Gasteiger partial charge in [-0.15, -0.1) is 0 Å². The van der Waals surface area contributed by atoms with E-state index in [1.807, 2.05) is 36.1 Å². The first-order valence-corrected chi connectivity index (χ1v) is 9.06. The Hall–Kier alpha value is -2.53. The number of hydrogen-bond acceptors (Lipinski definition) is 3. The van der Waals surface area contributed by atoms with Crippen LogP contribution in [0.2, 0.25) is 5.02 Å². The summed E-state index contributed by atoms with van der Waals surface area (Å²) < 4.78 is 5.44. The van der Waals surface area contributed by atoms with Gasteiger partial charge in [-0.3, -0.25) is 9.59 Å². The number of anilines is 1. The van der Waals surface area contributed by atoms with Gasteiger partial charge in [0.05, 0.1) is 11.7 Å². The number of hydrogen-bond donors (Lipinski definition) is 1. The van der Waals surface area contributed by atoms with Gasteiger partial charge in [-0.2, -0.15) is 0 Å². The molecule has 6 heteroatoms. The average molecular weight is 371 g/mol. The van der Waals surface area contributed by atoms with Crippen LogP contribution in [0.1, 0.15) is 41.7 Å². The molecule has 4 rings (SSSR count). The molecule has 0 radical (unpaired) electrons. The molecule has 2 aromatic carbocycles. The highest BCUT2D eigenvalue weighted by atomic mass is 35.5. The molecule has 0 bridgehead atoms. The molecule has 1 saturated carbocycles. The molecular weight excluding hydrogens is 352 g/mol. The van der Waals surface area contributed by atoms with E-state index in [0.717, 1.165) is 18.4 Å². The molecular formula is C20H19ClN2O3. The number of nitrogens with zero attached hydrogens (tertiary/aromatic N) is 1. The third-order valence-corrected chi connectivity index (χ3v) is 5.15. The highest BCUT2D eigenvalue weighted by Gasteiger charge is 2.37. The van der Waals surface area contributed by atoms with E-state index in [1.165, 1.54) is 0 Å². The minimum absolute atomic E-state index is 0.0347. The molecule has 1 heterocycles. The Morgan fingerprint density at radius 3 is 2.77 bits per heavy atom. The van der Waals surface area contributed by atoms with Crippen LogP contribution in [0.25, 0.3) is 0 Å². The normalized spacial score (nSPS) is 16.9. The Labute approximate surface area is 156 Å². The smallest absolute Gasteiger partial charge is 0.262 e. The van der Waals surface area contributed by atoms with Crippen molar-refractivity contribution in [2.75, 3.05) is 11.9 Å². The molecule has 0 saturated heterocycles. The molecule has 134 valence electrons. The minimum Gasteiger partial charge on any atom is -0.482 e. The summed E-state index contributed by atoms with van der Waals surface area (Å²) in [6.07, 6.45) is 2.00. The van der Waals surface area contributed by atoms with Gasteiger partial charge in [-0.25, -0.2) is 0 Å². The van der Waals surface area contributed by atoms with E-state index >= 15 is 0 Å². The molecule has 1 fully saturated rings. The quantitative estimate of drug-likeness (QED) is 0.883. The lowest BCUT2D eigenvalue weighted by molar-refractivity contribution is -0.118. The standard InChI is InChI=1S/C20H19ClN2O3/c1-12(15-4-2-3-5-16(15)21)23(14-7-8-14)20(25)13-6-9-17-18(10-13)26-11-19(24)22-17/h2-6,9-10,12,14H,7-8,11H2,1H3,(H,22,24). The SMILES string of the molecule is CC(c1ccccc1Cl)N(C(=O)c1ccc2c(c1)OCC(=O)N2)C1CC1. The second kappa shape index (κ2) is 6.65. The molecule has 1 aliphatic carbocycles. The van der Waals surface area contributed by atoms with Gasteiger partial charge < -0.3 is 15.0 Å². The first-order valence-electron chi connectivity index (χ1n) is 8.68. The fraction of sp³-hybridized carbons (Fsp3) is 0.300. The van der Waals surface area contributed by atoms with Crippen molar-refractivity contribution in [3.63, 3.8) is 0 Å². The Morgan fingerprint density at radius 2 is 2.04 bits per heavy atom. The molecule has 5 nitrogen and oxygen atoms in total. The second-order valence-electron chi connectivity index (χ2n) is 6.69. The summed E-state index contributed by atoms with van der Waals surface area (Å²) in [7, 11) is 0. The van der Waals surface area contributed by atoms with Crippen LogP contribution in [0.5, 0.6) is 5.75 Å². The third-order valence-electron chi connectivity index (χ3n) is 4.81. The maximum atomic E-state index is 13.2. The van der Waals surface area contributed by atoms with Crippen LogP contribution >= 0.6 is 11.6 Å². The summed E-state index contributed by atoms with van der Waals surface area (Å²) >= 11 is 6.35. The van der Waals surface area contributed by atoms with Crippen molar-refractivity contribution in [3.05, 3.63) is 58.6 Å². The van der Waals surface area contributed by atoms with E-state index in [-0.39, 0.29) is 30.5 Å². The van der Waals surface area contributed by atoms with Crippen LogP contribution in [0.3, 0.4) is 0 Å². The fourth-order valence-corrected chi connectivity index (χ4v) is 3.62. The molecule has 2 amide bonds. The number of rotatable bonds is 4. The van der Waals surface area contributed by atoms with Gasteiger partial charge in [0.25, 0.3) is 11.8 Å². The van der Waals surface area contributed by atoms with Gasteiger partial charge in [0, 0.05) is 16.6 Å². The van der Waals surface area contributed by atoms with Crippen molar-refractivity contribution in [1.29, 1.82) is 0 Å². The van der Waals surface area contributed by atoms with E-state index in [1.54, 1.807) is 18.2 Å². The number of halogens is 1. The van der Waals surface area contributed by atoms with E-state index in [0.29, 0.717) is 22.0 Å². The largest absolute Gasteiger partial charge is 0.482 e. The van der Waals surface area contributed by atoms with Crippen molar-refractivity contribution in [2.45, 2.75) is 31.8 Å². The van der Waals surface area contributed by atoms with E-state index in [9.17, 15) is 9.59 Å². The molecule has 0 aromatic heterocycles. The summed E-state index contributed by atoms with van der Waals surface area (Å²) in [5.41, 5.74) is 2.08. The topological polar surface area (TPSA) is 58.6 Å². The lowest BCUT2D eigenvalue weighted by atomic mass is 10.0. The zero-order valence-electron chi connectivity index (χ0n) is 14.4. The molecule has 2 aromatic rings. The molecule has 1 unspecified atom stereocenters. The predicted molar refractivity (Wildman–Crippen MR) is 99.6 cm³/mol. The van der Waals surface area contributed by atoms with E-state index in [4.69, 9.17) is 16.3 Å². The lowest BCUT2D eigenvalue weighted by Crippen LogP contribution is -2.36. The summed E-state index contributed by atoms with van der Waals surface area (Å²) in [5, 5.41) is 3.40. The Balaban J connectivity index is 1.64. The number of carbonyl (C=O) groups excluding carboxylic acids is 2. The lowest BCUT2D eigenvalue weighted by Gasteiger charge is -2.31. The van der Waals surface area contributed by atoms with Crippen molar-refractivity contribution >= 4 is 29.1 Å². The Morgan fingerprint density at radius 1 is 1.27 bits per heavy atom. The first kappa shape index (κ1) is 16.9. The molecule has 2 aliphatic rings. The van der Waals surface area contributed by atoms with Crippen LogP contribution in [-0.2, 0) is 4.79 Å². The summed E-state index contributed by atoms with van der Waals surface area (Å²) in [4.78, 5) is 26.6. The van der Waals surface area contributed by atoms with Crippen molar-refractivity contribution in [2.24, 2.45) is 0 Å². The van der Waals surface area contributed by atoms with Crippen LogP contribution in [-0.4, -0.2) is 29.4 Å². The number of benzene rings is 2. The molecule has 0 spiro atoms. The predicted octanol–water partition coefficient (Wildman–Crippen LogP) is 4.04. The van der Waals surface area contributed by atoms with Crippen LogP contribution in [0.4, 0.5) is 5.69 Å². The van der Waals surface area contributed by atoms with Gasteiger partial charge in [0.15, 0.2) is 6.61 Å². The second-order valence-corrected chi connectivity index (χ2v) is 7.10. The minimum atomic E-state index is -0.191. The van der Waals surface area contributed by atoms with Gasteiger partial charge in [0.2, 0.25) is 0 Å². The van der Waals surface area contributed by atoms with E-state index < -0.39 is 0 Å². The van der Waals surface area contributed by atoms with Gasteiger partial charge >= 0.3 is 0 Å². The molecule has 1 aliphatic heterocycles. The fourth-order valence-electron chi connectivity index (χ4n) is 3.33. The van der Waals surface area contributed by atoms with Crippen LogP contribution in [0, 0.1) is 0 Å². The monoisotopic (exact) mass is 370 g/mol. The zero-order valence-corrected chi connectivity index (χ0v) is 15.1. The zero-order chi connectivity index (χ0) is 18.3. The van der Waals surface area contributed by atoms with Crippen molar-refractivity contribution in [1.82, 2.24) is 4.90 Å². The number of ether oxygens (including phenoxy) is 1.